The van der Waals surface area contributed by atoms with E-state index in [2.05, 4.69) is 22.8 Å². The van der Waals surface area contributed by atoms with Gasteiger partial charge in [0.25, 0.3) is 0 Å². The first-order valence-corrected chi connectivity index (χ1v) is 6.60. The van der Waals surface area contributed by atoms with Crippen LogP contribution in [-0.2, 0) is 0 Å². The minimum atomic E-state index is -0.373. The van der Waals surface area contributed by atoms with Crippen molar-refractivity contribution in [2.45, 2.75) is 56.5 Å². The Labute approximate surface area is 102 Å². The molecule has 1 unspecified atom stereocenters. The number of aliphatic hydroxyl groups excluding tert-OH is 1. The molecule has 0 heterocycles. The fourth-order valence-corrected chi connectivity index (χ4v) is 2.75. The van der Waals surface area contributed by atoms with Crippen molar-refractivity contribution in [2.75, 3.05) is 6.61 Å². The van der Waals surface area contributed by atoms with Gasteiger partial charge < -0.3 is 15.7 Å². The number of urea groups is 1. The Hall–Kier alpha value is -1.03. The highest BCUT2D eigenvalue weighted by molar-refractivity contribution is 5.75. The fourth-order valence-electron chi connectivity index (χ4n) is 2.75. The van der Waals surface area contributed by atoms with Crippen LogP contribution in [0.1, 0.15) is 44.9 Å². The normalized spacial score (nSPS) is 26.8. The lowest BCUT2D eigenvalue weighted by Crippen LogP contribution is -2.54. The third-order valence-electron chi connectivity index (χ3n) is 3.81. The first-order valence-electron chi connectivity index (χ1n) is 6.60. The van der Waals surface area contributed by atoms with Crippen LogP contribution in [0, 0.1) is 0 Å². The highest BCUT2D eigenvalue weighted by Gasteiger charge is 2.34. The Morgan fingerprint density at radius 2 is 2.12 bits per heavy atom. The van der Waals surface area contributed by atoms with Crippen LogP contribution in [0.5, 0.6) is 0 Å². The van der Waals surface area contributed by atoms with E-state index in [1.807, 2.05) is 0 Å². The summed E-state index contributed by atoms with van der Waals surface area (Å²) in [6, 6.07) is 0.0124. The molecule has 0 radical (unpaired) electrons. The molecule has 4 heteroatoms. The molecule has 4 nitrogen and oxygen atoms in total. The van der Waals surface area contributed by atoms with Gasteiger partial charge in [-0.3, -0.25) is 0 Å². The molecule has 2 aliphatic rings. The van der Waals surface area contributed by atoms with Gasteiger partial charge in [-0.2, -0.15) is 0 Å². The summed E-state index contributed by atoms with van der Waals surface area (Å²) in [4.78, 5) is 11.9. The van der Waals surface area contributed by atoms with E-state index in [1.54, 1.807) is 0 Å². The summed E-state index contributed by atoms with van der Waals surface area (Å²) < 4.78 is 0. The van der Waals surface area contributed by atoms with Gasteiger partial charge in [0.1, 0.15) is 0 Å². The van der Waals surface area contributed by atoms with E-state index >= 15 is 0 Å². The molecule has 0 aliphatic heterocycles. The van der Waals surface area contributed by atoms with E-state index in [0.29, 0.717) is 0 Å². The summed E-state index contributed by atoms with van der Waals surface area (Å²) in [7, 11) is 0. The number of rotatable bonds is 3. The summed E-state index contributed by atoms with van der Waals surface area (Å²) in [5.41, 5.74) is -0.373. The van der Waals surface area contributed by atoms with Crippen molar-refractivity contribution in [3.63, 3.8) is 0 Å². The van der Waals surface area contributed by atoms with Crippen molar-refractivity contribution in [3.8, 4) is 0 Å². The SMILES string of the molecule is O=C(NC1C=CCCC1)NC1(CO)CCCC1. The number of amides is 2. The van der Waals surface area contributed by atoms with Crippen LogP contribution < -0.4 is 10.6 Å². The van der Waals surface area contributed by atoms with Crippen LogP contribution >= 0.6 is 0 Å². The van der Waals surface area contributed by atoms with Crippen LogP contribution in [0.15, 0.2) is 12.2 Å². The molecule has 1 fully saturated rings. The molecule has 96 valence electrons. The van der Waals surface area contributed by atoms with E-state index in [9.17, 15) is 9.90 Å². The minimum Gasteiger partial charge on any atom is -0.394 e. The molecule has 2 rings (SSSR count). The summed E-state index contributed by atoms with van der Waals surface area (Å²) in [5.74, 6) is 0. The predicted molar refractivity (Wildman–Crippen MR) is 66.7 cm³/mol. The first-order chi connectivity index (χ1) is 8.24. The van der Waals surface area contributed by atoms with Crippen molar-refractivity contribution >= 4 is 6.03 Å². The molecule has 0 saturated heterocycles. The van der Waals surface area contributed by atoms with Gasteiger partial charge in [0.15, 0.2) is 0 Å². The summed E-state index contributed by atoms with van der Waals surface area (Å²) in [6.07, 6.45) is 11.4. The standard InChI is InChI=1S/C13H22N2O2/c16-10-13(8-4-5-9-13)15-12(17)14-11-6-2-1-3-7-11/h2,6,11,16H,1,3-5,7-10H2,(H2,14,15,17). The highest BCUT2D eigenvalue weighted by Crippen LogP contribution is 2.28. The average Bonchev–Trinajstić information content (AvgIpc) is 2.79. The van der Waals surface area contributed by atoms with Crippen LogP contribution in [0.25, 0.3) is 0 Å². The van der Waals surface area contributed by atoms with Crippen molar-refractivity contribution in [1.82, 2.24) is 10.6 Å². The average molecular weight is 238 g/mol. The van der Waals surface area contributed by atoms with Gasteiger partial charge in [-0.1, -0.05) is 25.0 Å². The Morgan fingerprint density at radius 3 is 2.71 bits per heavy atom. The molecule has 2 amide bonds. The van der Waals surface area contributed by atoms with Gasteiger partial charge in [0.05, 0.1) is 12.1 Å². The molecule has 2 aliphatic carbocycles. The zero-order chi connectivity index (χ0) is 12.1. The minimum absolute atomic E-state index is 0.0426. The molecule has 0 spiro atoms. The second-order valence-corrected chi connectivity index (χ2v) is 5.21. The fraction of sp³-hybridized carbons (Fsp3) is 0.769. The quantitative estimate of drug-likeness (QED) is 0.655. The number of carbonyl (C=O) groups is 1. The smallest absolute Gasteiger partial charge is 0.315 e. The first kappa shape index (κ1) is 12.4. The Kier molecular flexibility index (Phi) is 4.05. The lowest BCUT2D eigenvalue weighted by molar-refractivity contribution is 0.162. The number of hydrogen-bond acceptors (Lipinski definition) is 2. The van der Waals surface area contributed by atoms with Crippen molar-refractivity contribution in [2.24, 2.45) is 0 Å². The van der Waals surface area contributed by atoms with Gasteiger partial charge in [-0.25, -0.2) is 4.79 Å². The van der Waals surface area contributed by atoms with E-state index < -0.39 is 0 Å². The van der Waals surface area contributed by atoms with Gasteiger partial charge >= 0.3 is 6.03 Å². The number of nitrogens with one attached hydrogen (secondary N) is 2. The van der Waals surface area contributed by atoms with Gasteiger partial charge in [0.2, 0.25) is 0 Å². The monoisotopic (exact) mass is 238 g/mol. The molecular formula is C13H22N2O2. The number of aliphatic hydroxyl groups is 1. The molecule has 3 N–H and O–H groups in total. The van der Waals surface area contributed by atoms with Gasteiger partial charge in [-0.05, 0) is 32.1 Å². The van der Waals surface area contributed by atoms with Gasteiger partial charge in [-0.15, -0.1) is 0 Å². The molecule has 0 bridgehead atoms. The molecule has 0 aromatic heterocycles. The second-order valence-electron chi connectivity index (χ2n) is 5.21. The highest BCUT2D eigenvalue weighted by atomic mass is 16.3. The number of allylic oxidation sites excluding steroid dienone is 1. The zero-order valence-corrected chi connectivity index (χ0v) is 10.2. The molecule has 0 aromatic carbocycles. The van der Waals surface area contributed by atoms with E-state index in [1.165, 1.54) is 0 Å². The topological polar surface area (TPSA) is 61.4 Å². The van der Waals surface area contributed by atoms with E-state index in [4.69, 9.17) is 0 Å². The summed E-state index contributed by atoms with van der Waals surface area (Å²) >= 11 is 0. The largest absolute Gasteiger partial charge is 0.394 e. The van der Waals surface area contributed by atoms with Crippen LogP contribution in [0.2, 0.25) is 0 Å². The maximum absolute atomic E-state index is 11.9. The molecular weight excluding hydrogens is 216 g/mol. The Bertz CT molecular complexity index is 296. The Balaban J connectivity index is 1.83. The summed E-state index contributed by atoms with van der Waals surface area (Å²) in [6.45, 7) is 0.0426. The molecule has 1 saturated carbocycles. The lowest BCUT2D eigenvalue weighted by atomic mass is 9.99. The van der Waals surface area contributed by atoms with Gasteiger partial charge in [0, 0.05) is 6.04 Å². The van der Waals surface area contributed by atoms with Crippen LogP contribution in [-0.4, -0.2) is 29.3 Å². The van der Waals surface area contributed by atoms with Crippen molar-refractivity contribution < 1.29 is 9.90 Å². The van der Waals surface area contributed by atoms with E-state index in [0.717, 1.165) is 44.9 Å². The zero-order valence-electron chi connectivity index (χ0n) is 10.2. The number of hydrogen-bond donors (Lipinski definition) is 3. The third kappa shape index (κ3) is 3.22. The Morgan fingerprint density at radius 1 is 1.35 bits per heavy atom. The molecule has 1 atom stereocenters. The number of carbonyl (C=O) groups excluding carboxylic acids is 1. The van der Waals surface area contributed by atoms with Crippen molar-refractivity contribution in [1.29, 1.82) is 0 Å². The van der Waals surface area contributed by atoms with Crippen LogP contribution in [0.3, 0.4) is 0 Å². The maximum Gasteiger partial charge on any atom is 0.315 e. The van der Waals surface area contributed by atoms with Crippen molar-refractivity contribution in [3.05, 3.63) is 12.2 Å². The van der Waals surface area contributed by atoms with Crippen LogP contribution in [0.4, 0.5) is 4.79 Å². The second kappa shape index (κ2) is 5.54. The summed E-state index contributed by atoms with van der Waals surface area (Å²) in [5, 5.41) is 15.3. The predicted octanol–water partition coefficient (Wildman–Crippen LogP) is 1.70. The molecule has 0 aromatic rings. The third-order valence-corrected chi connectivity index (χ3v) is 3.81. The lowest BCUT2D eigenvalue weighted by Gasteiger charge is -2.29. The van der Waals surface area contributed by atoms with E-state index in [-0.39, 0.29) is 24.2 Å². The maximum atomic E-state index is 11.9. The molecule has 17 heavy (non-hydrogen) atoms.